The number of aromatic carboxylic acids is 1. The number of methoxy groups -OCH3 is 1. The number of hydrogen-bond acceptors (Lipinski definition) is 5. The summed E-state index contributed by atoms with van der Waals surface area (Å²) in [7, 11) is 1.33. The van der Waals surface area contributed by atoms with Gasteiger partial charge < -0.3 is 20.1 Å². The number of anilines is 1. The Labute approximate surface area is 116 Å². The molecule has 2 rings (SSSR count). The number of carbonyl (C=O) groups is 2. The van der Waals surface area contributed by atoms with Crippen molar-refractivity contribution in [1.82, 2.24) is 10.3 Å². The summed E-state index contributed by atoms with van der Waals surface area (Å²) >= 11 is 0. The minimum absolute atomic E-state index is 0.0165. The van der Waals surface area contributed by atoms with Crippen LogP contribution in [-0.2, 0) is 4.74 Å². The number of hydrogen-bond donors (Lipinski definition) is 2. The van der Waals surface area contributed by atoms with Crippen LogP contribution in [-0.4, -0.2) is 48.4 Å². The fraction of sp³-hybridized carbons (Fsp3) is 0.462. The van der Waals surface area contributed by atoms with E-state index in [4.69, 9.17) is 5.11 Å². The van der Waals surface area contributed by atoms with E-state index in [2.05, 4.69) is 15.0 Å². The molecule has 1 atom stereocenters. The number of pyridine rings is 1. The van der Waals surface area contributed by atoms with Gasteiger partial charge in [-0.3, -0.25) is 0 Å². The smallest absolute Gasteiger partial charge is 0.407 e. The standard InChI is InChI=1S/C13H17N3O4/c1-8-5-9(12(17)18)6-14-11(8)16-4-3-10(7-16)15-13(19)20-2/h5-6,10H,3-4,7H2,1-2H3,(H,15,19)(H,17,18). The molecule has 1 aromatic heterocycles. The van der Waals surface area contributed by atoms with Gasteiger partial charge in [-0.2, -0.15) is 0 Å². The van der Waals surface area contributed by atoms with Gasteiger partial charge in [0, 0.05) is 19.3 Å². The Morgan fingerprint density at radius 1 is 1.55 bits per heavy atom. The molecule has 0 saturated carbocycles. The van der Waals surface area contributed by atoms with Gasteiger partial charge in [0.1, 0.15) is 5.82 Å². The molecule has 1 saturated heterocycles. The fourth-order valence-electron chi connectivity index (χ4n) is 2.31. The predicted molar refractivity (Wildman–Crippen MR) is 72.1 cm³/mol. The number of carboxylic acid groups (broad SMARTS) is 1. The predicted octanol–water partition coefficient (Wildman–Crippen LogP) is 1.02. The molecule has 7 nitrogen and oxygen atoms in total. The largest absolute Gasteiger partial charge is 0.478 e. The van der Waals surface area contributed by atoms with Gasteiger partial charge in [-0.15, -0.1) is 0 Å². The van der Waals surface area contributed by atoms with Crippen molar-refractivity contribution in [3.8, 4) is 0 Å². The summed E-state index contributed by atoms with van der Waals surface area (Å²) in [5.41, 5.74) is 0.985. The van der Waals surface area contributed by atoms with E-state index in [0.29, 0.717) is 6.54 Å². The lowest BCUT2D eigenvalue weighted by Gasteiger charge is -2.19. The van der Waals surface area contributed by atoms with Crippen molar-refractivity contribution in [2.45, 2.75) is 19.4 Å². The zero-order valence-corrected chi connectivity index (χ0v) is 11.4. The number of nitrogens with one attached hydrogen (secondary N) is 1. The Morgan fingerprint density at radius 2 is 2.30 bits per heavy atom. The van der Waals surface area contributed by atoms with Crippen molar-refractivity contribution in [1.29, 1.82) is 0 Å². The lowest BCUT2D eigenvalue weighted by atomic mass is 10.2. The van der Waals surface area contributed by atoms with E-state index in [-0.39, 0.29) is 11.6 Å². The Morgan fingerprint density at radius 3 is 2.90 bits per heavy atom. The van der Waals surface area contributed by atoms with E-state index in [0.717, 1.165) is 24.3 Å². The van der Waals surface area contributed by atoms with Crippen LogP contribution < -0.4 is 10.2 Å². The molecule has 0 spiro atoms. The number of rotatable bonds is 3. The fourth-order valence-corrected chi connectivity index (χ4v) is 2.31. The molecular weight excluding hydrogens is 262 g/mol. The van der Waals surface area contributed by atoms with Gasteiger partial charge >= 0.3 is 12.1 Å². The van der Waals surface area contributed by atoms with Gasteiger partial charge in [0.25, 0.3) is 0 Å². The molecule has 1 fully saturated rings. The molecule has 1 aromatic rings. The van der Waals surface area contributed by atoms with Gasteiger partial charge in [0.15, 0.2) is 0 Å². The molecule has 1 aliphatic heterocycles. The first-order valence-corrected chi connectivity index (χ1v) is 6.30. The topological polar surface area (TPSA) is 91.8 Å². The van der Waals surface area contributed by atoms with Crippen molar-refractivity contribution in [2.75, 3.05) is 25.1 Å². The van der Waals surface area contributed by atoms with E-state index >= 15 is 0 Å². The molecular formula is C13H17N3O4. The lowest BCUT2D eigenvalue weighted by Crippen LogP contribution is -2.37. The highest BCUT2D eigenvalue weighted by Gasteiger charge is 2.26. The second-order valence-corrected chi connectivity index (χ2v) is 4.74. The van der Waals surface area contributed by atoms with Crippen LogP contribution in [0.5, 0.6) is 0 Å². The van der Waals surface area contributed by atoms with E-state index in [9.17, 15) is 9.59 Å². The Balaban J connectivity index is 2.06. The van der Waals surface area contributed by atoms with E-state index in [1.807, 2.05) is 11.8 Å². The van der Waals surface area contributed by atoms with Gasteiger partial charge in [-0.25, -0.2) is 14.6 Å². The summed E-state index contributed by atoms with van der Waals surface area (Å²) in [4.78, 5) is 28.3. The summed E-state index contributed by atoms with van der Waals surface area (Å²) in [6, 6.07) is 1.62. The molecule has 0 radical (unpaired) electrons. The van der Waals surface area contributed by atoms with Crippen LogP contribution in [0.3, 0.4) is 0 Å². The van der Waals surface area contributed by atoms with E-state index < -0.39 is 12.1 Å². The number of carboxylic acids is 1. The molecule has 2 N–H and O–H groups in total. The highest BCUT2D eigenvalue weighted by molar-refractivity contribution is 5.87. The second kappa shape index (κ2) is 5.77. The number of aromatic nitrogens is 1. The molecule has 108 valence electrons. The molecule has 1 unspecified atom stereocenters. The van der Waals surface area contributed by atoms with Crippen molar-refractivity contribution in [3.63, 3.8) is 0 Å². The molecule has 0 aromatic carbocycles. The van der Waals surface area contributed by atoms with Gasteiger partial charge in [-0.05, 0) is 25.0 Å². The summed E-state index contributed by atoms with van der Waals surface area (Å²) in [5.74, 6) is -0.233. The molecule has 1 aliphatic rings. The van der Waals surface area contributed by atoms with Crippen LogP contribution in [0, 0.1) is 6.92 Å². The SMILES string of the molecule is COC(=O)NC1CCN(c2ncc(C(=O)O)cc2C)C1. The quantitative estimate of drug-likeness (QED) is 0.858. The third-order valence-corrected chi connectivity index (χ3v) is 3.29. The maximum Gasteiger partial charge on any atom is 0.407 e. The lowest BCUT2D eigenvalue weighted by molar-refractivity contribution is 0.0696. The third-order valence-electron chi connectivity index (χ3n) is 3.29. The minimum atomic E-state index is -0.987. The first-order valence-electron chi connectivity index (χ1n) is 6.30. The molecule has 0 bridgehead atoms. The number of aryl methyl sites for hydroxylation is 1. The van der Waals surface area contributed by atoms with E-state index in [1.165, 1.54) is 13.3 Å². The van der Waals surface area contributed by atoms with Crippen LogP contribution in [0.25, 0.3) is 0 Å². The van der Waals surface area contributed by atoms with Crippen molar-refractivity contribution >= 4 is 17.9 Å². The Bertz CT molecular complexity index is 532. The number of ether oxygens (including phenoxy) is 1. The highest BCUT2D eigenvalue weighted by Crippen LogP contribution is 2.22. The van der Waals surface area contributed by atoms with Crippen molar-refractivity contribution < 1.29 is 19.4 Å². The molecule has 2 heterocycles. The normalized spacial score (nSPS) is 17.9. The van der Waals surface area contributed by atoms with Crippen LogP contribution in [0.4, 0.5) is 10.6 Å². The summed E-state index contributed by atoms with van der Waals surface area (Å²) < 4.78 is 4.57. The zero-order valence-electron chi connectivity index (χ0n) is 11.4. The molecule has 1 amide bonds. The third kappa shape index (κ3) is 2.98. The number of alkyl carbamates (subject to hydrolysis) is 1. The first-order chi connectivity index (χ1) is 9.51. The minimum Gasteiger partial charge on any atom is -0.478 e. The number of amides is 1. The van der Waals surface area contributed by atoms with Crippen LogP contribution in [0.15, 0.2) is 12.3 Å². The van der Waals surface area contributed by atoms with Crippen LogP contribution in [0.2, 0.25) is 0 Å². The second-order valence-electron chi connectivity index (χ2n) is 4.74. The van der Waals surface area contributed by atoms with E-state index in [1.54, 1.807) is 6.07 Å². The van der Waals surface area contributed by atoms with Crippen molar-refractivity contribution in [2.24, 2.45) is 0 Å². The Kier molecular flexibility index (Phi) is 4.07. The average molecular weight is 279 g/mol. The molecule has 7 heteroatoms. The van der Waals surface area contributed by atoms with Gasteiger partial charge in [0.05, 0.1) is 18.7 Å². The molecule has 0 aliphatic carbocycles. The zero-order chi connectivity index (χ0) is 14.7. The first kappa shape index (κ1) is 14.1. The summed E-state index contributed by atoms with van der Waals surface area (Å²) in [6.07, 6.45) is 1.71. The van der Waals surface area contributed by atoms with Crippen LogP contribution >= 0.6 is 0 Å². The maximum atomic E-state index is 11.2. The summed E-state index contributed by atoms with van der Waals surface area (Å²) in [6.45, 7) is 3.22. The van der Waals surface area contributed by atoms with Gasteiger partial charge in [-0.1, -0.05) is 0 Å². The monoisotopic (exact) mass is 279 g/mol. The maximum absolute atomic E-state index is 11.2. The van der Waals surface area contributed by atoms with Crippen molar-refractivity contribution in [3.05, 3.63) is 23.4 Å². The average Bonchev–Trinajstić information content (AvgIpc) is 2.86. The number of nitrogens with zero attached hydrogens (tertiary/aromatic N) is 2. The summed E-state index contributed by atoms with van der Waals surface area (Å²) in [5, 5.41) is 11.7. The number of carbonyl (C=O) groups excluding carboxylic acids is 1. The van der Waals surface area contributed by atoms with Crippen LogP contribution in [0.1, 0.15) is 22.3 Å². The Hall–Kier alpha value is -2.31. The van der Waals surface area contributed by atoms with Gasteiger partial charge in [0.2, 0.25) is 0 Å². The molecule has 20 heavy (non-hydrogen) atoms. The highest BCUT2D eigenvalue weighted by atomic mass is 16.5.